The highest BCUT2D eigenvalue weighted by Gasteiger charge is 2.17. The second-order valence-electron chi connectivity index (χ2n) is 3.40. The molecule has 1 aromatic rings. The molecule has 0 radical (unpaired) electrons. The van der Waals surface area contributed by atoms with E-state index in [0.717, 1.165) is 6.07 Å². The molecule has 0 fully saturated rings. The van der Waals surface area contributed by atoms with Crippen molar-refractivity contribution < 1.29 is 27.4 Å². The van der Waals surface area contributed by atoms with Gasteiger partial charge in [0.15, 0.2) is 0 Å². The number of ether oxygens (including phenoxy) is 2. The highest BCUT2D eigenvalue weighted by Crippen LogP contribution is 2.23. The molecule has 0 aromatic heterocycles. The van der Waals surface area contributed by atoms with Gasteiger partial charge in [-0.15, -0.1) is 0 Å². The van der Waals surface area contributed by atoms with Crippen LogP contribution in [0.25, 0.3) is 0 Å². The summed E-state index contributed by atoms with van der Waals surface area (Å²) in [6, 6.07) is 3.27. The lowest BCUT2D eigenvalue weighted by atomic mass is 10.0. The number of hydrogen-bond acceptors (Lipinski definition) is 4. The maximum Gasteiger partial charge on any atom is 0.387 e. The van der Waals surface area contributed by atoms with Crippen molar-refractivity contribution in [3.05, 3.63) is 29.1 Å². The molecular weight excluding hydrogens is 263 g/mol. The van der Waals surface area contributed by atoms with Crippen LogP contribution in [0.1, 0.15) is 18.1 Å². The van der Waals surface area contributed by atoms with E-state index < -0.39 is 30.6 Å². The molecule has 1 rings (SSSR count). The summed E-state index contributed by atoms with van der Waals surface area (Å²) in [6.45, 7) is -1.42. The number of alkyl halides is 2. The van der Waals surface area contributed by atoms with Crippen molar-refractivity contribution in [3.8, 4) is 11.8 Å². The molecule has 7 heteroatoms. The van der Waals surface area contributed by atoms with E-state index in [0.29, 0.717) is 6.07 Å². The third-order valence-corrected chi connectivity index (χ3v) is 2.14. The lowest BCUT2D eigenvalue weighted by Gasteiger charge is -2.09. The summed E-state index contributed by atoms with van der Waals surface area (Å²) < 4.78 is 46.3. The topological polar surface area (TPSA) is 59.3 Å². The summed E-state index contributed by atoms with van der Waals surface area (Å²) in [5.74, 6) is -2.15. The fourth-order valence-corrected chi connectivity index (χ4v) is 1.42. The zero-order valence-corrected chi connectivity index (χ0v) is 9.95. The molecule has 0 atom stereocenters. The number of rotatable bonds is 5. The molecule has 0 saturated carbocycles. The Morgan fingerprint density at radius 1 is 1.47 bits per heavy atom. The molecule has 0 bridgehead atoms. The summed E-state index contributed by atoms with van der Waals surface area (Å²) in [4.78, 5) is 11.2. The molecule has 0 aliphatic rings. The summed E-state index contributed by atoms with van der Waals surface area (Å²) in [5, 5.41) is 8.83. The second-order valence-corrected chi connectivity index (χ2v) is 3.40. The lowest BCUT2D eigenvalue weighted by Crippen LogP contribution is -2.11. The maximum atomic E-state index is 13.7. The van der Waals surface area contributed by atoms with Crippen molar-refractivity contribution in [2.75, 3.05) is 6.61 Å². The fourth-order valence-electron chi connectivity index (χ4n) is 1.42. The largest absolute Gasteiger partial charge is 0.466 e. The van der Waals surface area contributed by atoms with Gasteiger partial charge in [0.25, 0.3) is 0 Å². The summed E-state index contributed by atoms with van der Waals surface area (Å²) in [5.41, 5.74) is -0.453. The highest BCUT2D eigenvalue weighted by atomic mass is 19.3. The predicted octanol–water partition coefficient (Wildman–Crippen LogP) is 2.40. The molecule has 0 unspecified atom stereocenters. The molecule has 4 nitrogen and oxygen atoms in total. The van der Waals surface area contributed by atoms with Gasteiger partial charge in [-0.3, -0.25) is 4.79 Å². The average molecular weight is 273 g/mol. The zero-order valence-electron chi connectivity index (χ0n) is 9.95. The summed E-state index contributed by atoms with van der Waals surface area (Å²) in [6.07, 6.45) is -0.447. The Kier molecular flexibility index (Phi) is 5.18. The molecular formula is C12H10F3NO3. The van der Waals surface area contributed by atoms with Crippen molar-refractivity contribution in [3.63, 3.8) is 0 Å². The smallest absolute Gasteiger partial charge is 0.387 e. The Labute approximate surface area is 107 Å². The number of nitriles is 1. The number of benzene rings is 1. The number of hydrogen-bond donors (Lipinski definition) is 0. The van der Waals surface area contributed by atoms with Crippen molar-refractivity contribution in [1.29, 1.82) is 5.26 Å². The van der Waals surface area contributed by atoms with Gasteiger partial charge in [-0.1, -0.05) is 0 Å². The van der Waals surface area contributed by atoms with Crippen LogP contribution in [0, 0.1) is 17.1 Å². The molecule has 0 N–H and O–H groups in total. The van der Waals surface area contributed by atoms with Crippen LogP contribution in [0.3, 0.4) is 0 Å². The van der Waals surface area contributed by atoms with E-state index >= 15 is 0 Å². The Bertz CT molecular complexity index is 512. The van der Waals surface area contributed by atoms with Crippen LogP contribution in [0.5, 0.6) is 5.75 Å². The van der Waals surface area contributed by atoms with Crippen LogP contribution < -0.4 is 4.74 Å². The lowest BCUT2D eigenvalue weighted by molar-refractivity contribution is -0.142. The number of halogens is 3. The van der Waals surface area contributed by atoms with E-state index in [2.05, 4.69) is 9.47 Å². The molecule has 0 amide bonds. The Hall–Kier alpha value is -2.23. The fraction of sp³-hybridized carbons (Fsp3) is 0.333. The van der Waals surface area contributed by atoms with Crippen LogP contribution in [0.2, 0.25) is 0 Å². The van der Waals surface area contributed by atoms with E-state index in [1.165, 1.54) is 0 Å². The summed E-state index contributed by atoms with van der Waals surface area (Å²) >= 11 is 0. The van der Waals surface area contributed by atoms with Gasteiger partial charge in [0.2, 0.25) is 0 Å². The van der Waals surface area contributed by atoms with Gasteiger partial charge in [0, 0.05) is 11.6 Å². The molecule has 19 heavy (non-hydrogen) atoms. The molecule has 0 aliphatic carbocycles. The highest BCUT2D eigenvalue weighted by molar-refractivity contribution is 5.73. The van der Waals surface area contributed by atoms with E-state index in [9.17, 15) is 18.0 Å². The number of carbonyl (C=O) groups is 1. The molecule has 0 heterocycles. The quantitative estimate of drug-likeness (QED) is 0.773. The molecule has 0 saturated heterocycles. The standard InChI is InChI=1S/C12H10F3NO3/c1-2-18-11(17)5-9-7(6-16)3-8(4-10(9)13)19-12(14)15/h3-4,12H,2,5H2,1H3. The van der Waals surface area contributed by atoms with Gasteiger partial charge in [0.1, 0.15) is 11.6 Å². The Morgan fingerprint density at radius 3 is 2.68 bits per heavy atom. The predicted molar refractivity (Wildman–Crippen MR) is 58.1 cm³/mol. The van der Waals surface area contributed by atoms with Gasteiger partial charge in [-0.2, -0.15) is 14.0 Å². The van der Waals surface area contributed by atoms with Crippen molar-refractivity contribution in [2.24, 2.45) is 0 Å². The molecule has 0 aliphatic heterocycles. The van der Waals surface area contributed by atoms with Gasteiger partial charge >= 0.3 is 12.6 Å². The minimum atomic E-state index is -3.12. The molecule has 102 valence electrons. The van der Waals surface area contributed by atoms with Crippen molar-refractivity contribution in [2.45, 2.75) is 20.0 Å². The molecule has 0 spiro atoms. The number of nitrogens with zero attached hydrogens (tertiary/aromatic N) is 1. The number of esters is 1. The van der Waals surface area contributed by atoms with E-state index in [-0.39, 0.29) is 17.7 Å². The van der Waals surface area contributed by atoms with Crippen LogP contribution in [-0.2, 0) is 16.0 Å². The second kappa shape index (κ2) is 6.64. The first kappa shape index (κ1) is 14.8. The Morgan fingerprint density at radius 2 is 2.16 bits per heavy atom. The van der Waals surface area contributed by atoms with Gasteiger partial charge in [-0.25, -0.2) is 4.39 Å². The normalized spacial score (nSPS) is 10.1. The van der Waals surface area contributed by atoms with E-state index in [4.69, 9.17) is 5.26 Å². The first-order valence-corrected chi connectivity index (χ1v) is 5.30. The monoisotopic (exact) mass is 273 g/mol. The first-order valence-electron chi connectivity index (χ1n) is 5.30. The minimum Gasteiger partial charge on any atom is -0.466 e. The maximum absolute atomic E-state index is 13.7. The zero-order chi connectivity index (χ0) is 14.4. The van der Waals surface area contributed by atoms with Crippen molar-refractivity contribution >= 4 is 5.97 Å². The van der Waals surface area contributed by atoms with Gasteiger partial charge in [0.05, 0.1) is 24.7 Å². The van der Waals surface area contributed by atoms with Gasteiger partial charge < -0.3 is 9.47 Å². The van der Waals surface area contributed by atoms with Crippen LogP contribution in [0.15, 0.2) is 12.1 Å². The average Bonchev–Trinajstić information content (AvgIpc) is 2.31. The summed E-state index contributed by atoms with van der Waals surface area (Å²) in [7, 11) is 0. The minimum absolute atomic E-state index is 0.120. The van der Waals surface area contributed by atoms with Gasteiger partial charge in [-0.05, 0) is 13.0 Å². The SMILES string of the molecule is CCOC(=O)Cc1c(F)cc(OC(F)F)cc1C#N. The van der Waals surface area contributed by atoms with E-state index in [1.54, 1.807) is 13.0 Å². The van der Waals surface area contributed by atoms with Crippen LogP contribution >= 0.6 is 0 Å². The third kappa shape index (κ3) is 4.17. The third-order valence-electron chi connectivity index (χ3n) is 2.14. The first-order chi connectivity index (χ1) is 8.97. The van der Waals surface area contributed by atoms with Crippen LogP contribution in [-0.4, -0.2) is 19.2 Å². The Balaban J connectivity index is 3.05. The van der Waals surface area contributed by atoms with Crippen LogP contribution in [0.4, 0.5) is 13.2 Å². The molecule has 1 aromatic carbocycles. The number of carbonyl (C=O) groups excluding carboxylic acids is 1. The van der Waals surface area contributed by atoms with Crippen molar-refractivity contribution in [1.82, 2.24) is 0 Å². The van der Waals surface area contributed by atoms with E-state index in [1.807, 2.05) is 0 Å².